The van der Waals surface area contributed by atoms with E-state index in [2.05, 4.69) is 20.0 Å². The van der Waals surface area contributed by atoms with Crippen molar-refractivity contribution >= 4 is 39.1 Å². The first kappa shape index (κ1) is 34.5. The number of likely N-dealkylation sites (N-methyl/N-ethyl adjacent to an activating group) is 1. The monoisotopic (exact) mass is 707 g/mol. The molecule has 1 aliphatic heterocycles. The molecule has 254 valence electrons. The lowest BCUT2D eigenvalue weighted by atomic mass is 9.82. The van der Waals surface area contributed by atoms with Crippen LogP contribution in [-0.4, -0.2) is 75.8 Å². The van der Waals surface area contributed by atoms with Crippen molar-refractivity contribution in [3.05, 3.63) is 95.0 Å². The van der Waals surface area contributed by atoms with E-state index in [0.29, 0.717) is 10.00 Å². The highest BCUT2D eigenvalue weighted by Crippen LogP contribution is 2.51. The molecule has 2 N–H and O–H groups in total. The Morgan fingerprint density at radius 1 is 1.06 bits per heavy atom. The van der Waals surface area contributed by atoms with E-state index in [1.54, 1.807) is 12.1 Å². The van der Waals surface area contributed by atoms with Crippen molar-refractivity contribution in [3.63, 3.8) is 0 Å². The molecule has 2 atom stereocenters. The van der Waals surface area contributed by atoms with Gasteiger partial charge in [0.2, 0.25) is 5.91 Å². The molecule has 0 spiro atoms. The Bertz CT molecular complexity index is 1960. The predicted octanol–water partition coefficient (Wildman–Crippen LogP) is 4.25. The van der Waals surface area contributed by atoms with E-state index in [0.717, 1.165) is 18.2 Å². The van der Waals surface area contributed by atoms with Crippen LogP contribution in [0.4, 0.5) is 18.9 Å². The fraction of sp³-hybridized carbons (Fsp3) is 0.258. The number of sulfonamides is 1. The lowest BCUT2D eigenvalue weighted by Gasteiger charge is -2.35. The molecular formula is C31H29ClF3N5O7S. The Morgan fingerprint density at radius 2 is 1.79 bits per heavy atom. The predicted molar refractivity (Wildman–Crippen MR) is 167 cm³/mol. The summed E-state index contributed by atoms with van der Waals surface area (Å²) in [5.74, 6) is -2.81. The summed E-state index contributed by atoms with van der Waals surface area (Å²) in [5.41, 5.74) is -1.85. The number of aromatic nitrogens is 2. The third-order valence-corrected chi connectivity index (χ3v) is 9.57. The minimum atomic E-state index is -5.30. The van der Waals surface area contributed by atoms with Gasteiger partial charge in [-0.2, -0.15) is 0 Å². The Labute approximate surface area is 278 Å². The van der Waals surface area contributed by atoms with Crippen molar-refractivity contribution < 1.29 is 45.4 Å². The molecule has 1 aliphatic rings. The van der Waals surface area contributed by atoms with Crippen LogP contribution in [0, 0.1) is 0 Å². The highest BCUT2D eigenvalue weighted by molar-refractivity contribution is 7.93. The van der Waals surface area contributed by atoms with Crippen molar-refractivity contribution in [1.82, 2.24) is 20.2 Å². The molecule has 1 aromatic heterocycles. The molecule has 0 fully saturated rings. The number of amides is 2. The molecule has 0 saturated carbocycles. The first-order valence-corrected chi connectivity index (χ1v) is 15.9. The Morgan fingerprint density at radius 3 is 2.42 bits per heavy atom. The van der Waals surface area contributed by atoms with Crippen LogP contribution in [0.3, 0.4) is 0 Å². The summed E-state index contributed by atoms with van der Waals surface area (Å²) in [6.07, 6.45) is -2.45. The molecule has 3 aromatic carbocycles. The molecule has 1 unspecified atom stereocenters. The number of carbonyl (C=O) groups is 2. The first-order chi connectivity index (χ1) is 22.6. The molecule has 0 saturated heterocycles. The SMILES string of the molecule is COc1ccc(S(=O)(=O)N2C(=O)C(N[C@@H](Cc3cnc[nH]3)C(=O)N(C)C)(c3ccccc3OC)c3cc(Cl)ccc32)c(OC(F)(F)F)c1. The molecule has 0 bridgehead atoms. The van der Waals surface area contributed by atoms with E-state index < -0.39 is 50.4 Å². The van der Waals surface area contributed by atoms with E-state index in [9.17, 15) is 26.4 Å². The van der Waals surface area contributed by atoms with Gasteiger partial charge in [0.25, 0.3) is 15.9 Å². The fourth-order valence-electron chi connectivity index (χ4n) is 5.55. The molecule has 2 amide bonds. The molecule has 4 aromatic rings. The quantitative estimate of drug-likeness (QED) is 0.234. The number of imidazole rings is 1. The summed E-state index contributed by atoms with van der Waals surface area (Å²) in [7, 11) is 0.323. The molecule has 0 aliphatic carbocycles. The Hall–Kier alpha value is -4.80. The summed E-state index contributed by atoms with van der Waals surface area (Å²) < 4.78 is 84.7. The number of hydrogen-bond donors (Lipinski definition) is 2. The number of halogens is 4. The number of para-hydroxylation sites is 1. The van der Waals surface area contributed by atoms with Crippen molar-refractivity contribution in [2.45, 2.75) is 29.3 Å². The first-order valence-electron chi connectivity index (χ1n) is 14.1. The highest BCUT2D eigenvalue weighted by Gasteiger charge is 2.59. The van der Waals surface area contributed by atoms with Crippen LogP contribution in [-0.2, 0) is 31.6 Å². The third-order valence-electron chi connectivity index (χ3n) is 7.60. The van der Waals surface area contributed by atoms with E-state index in [1.165, 1.54) is 76.1 Å². The number of aromatic amines is 1. The van der Waals surface area contributed by atoms with Crippen LogP contribution in [0.1, 0.15) is 16.8 Å². The number of H-pyrrole nitrogens is 1. The second kappa shape index (κ2) is 13.0. The summed E-state index contributed by atoms with van der Waals surface area (Å²) in [4.78, 5) is 36.0. The lowest BCUT2D eigenvalue weighted by Crippen LogP contribution is -2.59. The average molecular weight is 708 g/mol. The van der Waals surface area contributed by atoms with Crippen molar-refractivity contribution in [2.24, 2.45) is 0 Å². The number of methoxy groups -OCH3 is 2. The minimum absolute atomic E-state index is 0.0129. The molecule has 17 heteroatoms. The highest BCUT2D eigenvalue weighted by atomic mass is 35.5. The molecule has 12 nitrogen and oxygen atoms in total. The Kier molecular flexibility index (Phi) is 9.36. The van der Waals surface area contributed by atoms with Gasteiger partial charge in [-0.3, -0.25) is 14.9 Å². The van der Waals surface area contributed by atoms with Crippen LogP contribution < -0.4 is 23.8 Å². The number of benzene rings is 3. The summed E-state index contributed by atoms with van der Waals surface area (Å²) in [6.45, 7) is 0. The molecule has 48 heavy (non-hydrogen) atoms. The maximum Gasteiger partial charge on any atom is 0.573 e. The third kappa shape index (κ3) is 6.25. The van der Waals surface area contributed by atoms with E-state index >= 15 is 4.79 Å². The molecular weight excluding hydrogens is 679 g/mol. The summed E-state index contributed by atoms with van der Waals surface area (Å²) in [6, 6.07) is 11.6. The zero-order chi connectivity index (χ0) is 35.0. The number of anilines is 1. The molecule has 5 rings (SSSR count). The van der Waals surface area contributed by atoms with Gasteiger partial charge in [-0.15, -0.1) is 13.2 Å². The van der Waals surface area contributed by atoms with Crippen molar-refractivity contribution in [1.29, 1.82) is 0 Å². The van der Waals surface area contributed by atoms with Crippen molar-refractivity contribution in [3.8, 4) is 17.2 Å². The van der Waals surface area contributed by atoms with Crippen LogP contribution >= 0.6 is 11.6 Å². The van der Waals surface area contributed by atoms with Crippen molar-refractivity contribution in [2.75, 3.05) is 32.6 Å². The smallest absolute Gasteiger partial charge is 0.497 e. The minimum Gasteiger partial charge on any atom is -0.497 e. The maximum absolute atomic E-state index is 15.1. The van der Waals surface area contributed by atoms with E-state index in [4.69, 9.17) is 21.1 Å². The van der Waals surface area contributed by atoms with Crippen LogP contribution in [0.15, 0.2) is 78.1 Å². The zero-order valence-electron chi connectivity index (χ0n) is 25.8. The zero-order valence-corrected chi connectivity index (χ0v) is 27.4. The normalized spacial score (nSPS) is 16.8. The molecule has 2 heterocycles. The van der Waals surface area contributed by atoms with Gasteiger partial charge in [-0.25, -0.2) is 17.7 Å². The number of carbonyl (C=O) groups excluding carboxylic acids is 2. The van der Waals surface area contributed by atoms with Crippen LogP contribution in [0.2, 0.25) is 5.02 Å². The summed E-state index contributed by atoms with van der Waals surface area (Å²) >= 11 is 6.45. The number of nitrogens with one attached hydrogen (secondary N) is 2. The topological polar surface area (TPSA) is 143 Å². The van der Waals surface area contributed by atoms with Gasteiger partial charge in [-0.1, -0.05) is 29.8 Å². The average Bonchev–Trinajstić information content (AvgIpc) is 3.63. The van der Waals surface area contributed by atoms with Gasteiger partial charge in [0.1, 0.15) is 16.4 Å². The number of fused-ring (bicyclic) bond motifs is 1. The van der Waals surface area contributed by atoms with Crippen LogP contribution in [0.5, 0.6) is 17.2 Å². The second-order valence-electron chi connectivity index (χ2n) is 10.8. The van der Waals surface area contributed by atoms with Gasteiger partial charge >= 0.3 is 6.36 Å². The largest absolute Gasteiger partial charge is 0.573 e. The number of alkyl halides is 3. The van der Waals surface area contributed by atoms with Gasteiger partial charge in [0.05, 0.1) is 32.3 Å². The van der Waals surface area contributed by atoms with E-state index in [1.807, 2.05) is 0 Å². The fourth-order valence-corrected chi connectivity index (χ4v) is 7.29. The number of rotatable bonds is 11. The van der Waals surface area contributed by atoms with Gasteiger partial charge in [-0.05, 0) is 36.4 Å². The number of nitrogens with zero attached hydrogens (tertiary/aromatic N) is 3. The lowest BCUT2D eigenvalue weighted by molar-refractivity contribution is -0.275. The second-order valence-corrected chi connectivity index (χ2v) is 12.9. The maximum atomic E-state index is 15.1. The standard InChI is InChI=1S/C31H29ClF3N5O7S/c1-39(2)28(41)23(14-19-16-36-17-37-19)38-30(21-7-5-6-8-25(21)46-4)22-13-18(32)9-11-24(22)40(29(30)42)48(43,44)27-12-10-20(45-3)15-26(27)47-31(33,34)35/h5-13,15-17,23,38H,14H2,1-4H3,(H,36,37)/t23-,30?/m0/s1. The number of hydrogen-bond acceptors (Lipinski definition) is 9. The molecule has 0 radical (unpaired) electrons. The summed E-state index contributed by atoms with van der Waals surface area (Å²) in [5, 5.41) is 3.23. The van der Waals surface area contributed by atoms with E-state index in [-0.39, 0.29) is 39.8 Å². The Balaban J connectivity index is 1.80. The van der Waals surface area contributed by atoms with Gasteiger partial charge in [0.15, 0.2) is 11.3 Å². The van der Waals surface area contributed by atoms with Gasteiger partial charge < -0.3 is 24.1 Å². The number of ether oxygens (including phenoxy) is 3. The van der Waals surface area contributed by atoms with Crippen LogP contribution in [0.25, 0.3) is 0 Å². The van der Waals surface area contributed by atoms with Gasteiger partial charge in [0, 0.05) is 54.6 Å².